The van der Waals surface area contributed by atoms with Crippen molar-refractivity contribution in [1.29, 1.82) is 0 Å². The van der Waals surface area contributed by atoms with E-state index in [-0.39, 0.29) is 24.3 Å². The van der Waals surface area contributed by atoms with Gasteiger partial charge in [0.05, 0.1) is 23.6 Å². The third kappa shape index (κ3) is 5.23. The first-order valence-electron chi connectivity index (χ1n) is 11.6. The second kappa shape index (κ2) is 10.4. The SMILES string of the molecule is CCOC(=O)[C@H]1CCCN(C(=O)Cn2c(Cc3ccc(Cl)cc3Cl)nc3cc(C)c(C)cc32)C1. The van der Waals surface area contributed by atoms with Gasteiger partial charge in [0.25, 0.3) is 0 Å². The highest BCUT2D eigenvalue weighted by atomic mass is 35.5. The van der Waals surface area contributed by atoms with Crippen LogP contribution in [0.2, 0.25) is 10.0 Å². The molecule has 0 spiro atoms. The molecular weight excluding hydrogens is 473 g/mol. The molecule has 0 N–H and O–H groups in total. The van der Waals surface area contributed by atoms with Crippen LogP contribution in [0.25, 0.3) is 11.0 Å². The summed E-state index contributed by atoms with van der Waals surface area (Å²) in [4.78, 5) is 32.3. The predicted molar refractivity (Wildman–Crippen MR) is 134 cm³/mol. The van der Waals surface area contributed by atoms with Crippen LogP contribution in [-0.4, -0.2) is 46.0 Å². The molecular formula is C26H29Cl2N3O3. The largest absolute Gasteiger partial charge is 0.466 e. The van der Waals surface area contributed by atoms with Crippen LogP contribution >= 0.6 is 23.2 Å². The number of esters is 1. The first-order valence-corrected chi connectivity index (χ1v) is 12.4. The van der Waals surface area contributed by atoms with Crippen LogP contribution in [0.1, 0.15) is 42.3 Å². The van der Waals surface area contributed by atoms with Gasteiger partial charge in [-0.3, -0.25) is 9.59 Å². The zero-order chi connectivity index (χ0) is 24.4. The summed E-state index contributed by atoms with van der Waals surface area (Å²) in [5.41, 5.74) is 4.93. The van der Waals surface area contributed by atoms with Crippen LogP contribution in [0, 0.1) is 19.8 Å². The molecule has 180 valence electrons. The van der Waals surface area contributed by atoms with Crippen molar-refractivity contribution in [1.82, 2.24) is 14.5 Å². The average Bonchev–Trinajstić information content (AvgIpc) is 3.12. The fraction of sp³-hybridized carbons (Fsp3) is 0.423. The van der Waals surface area contributed by atoms with E-state index in [9.17, 15) is 9.59 Å². The number of carbonyl (C=O) groups excluding carboxylic acids is 2. The van der Waals surface area contributed by atoms with Crippen LogP contribution in [0.3, 0.4) is 0 Å². The molecule has 0 aliphatic carbocycles. The number of carbonyl (C=O) groups is 2. The molecule has 1 saturated heterocycles. The Hall–Kier alpha value is -2.57. The van der Waals surface area contributed by atoms with E-state index < -0.39 is 0 Å². The maximum Gasteiger partial charge on any atom is 0.310 e. The smallest absolute Gasteiger partial charge is 0.310 e. The second-order valence-corrected chi connectivity index (χ2v) is 9.73. The van der Waals surface area contributed by atoms with Gasteiger partial charge in [-0.05, 0) is 74.6 Å². The predicted octanol–water partition coefficient (Wildman–Crippen LogP) is 5.35. The standard InChI is InChI=1S/C26H29Cl2N3O3/c1-4-34-26(33)19-6-5-9-30(14-19)25(32)15-31-23-11-17(3)16(2)10-22(23)29-24(31)12-18-7-8-20(27)13-21(18)28/h7-8,10-11,13,19H,4-6,9,12,14-15H2,1-3H3/t19-/m0/s1. The molecule has 0 bridgehead atoms. The van der Waals surface area contributed by atoms with Crippen LogP contribution in [0.5, 0.6) is 0 Å². The van der Waals surface area contributed by atoms with Gasteiger partial charge in [0.1, 0.15) is 12.4 Å². The van der Waals surface area contributed by atoms with Gasteiger partial charge in [0.2, 0.25) is 5.91 Å². The van der Waals surface area contributed by atoms with Gasteiger partial charge < -0.3 is 14.2 Å². The van der Waals surface area contributed by atoms with Crippen LogP contribution in [0.4, 0.5) is 0 Å². The van der Waals surface area contributed by atoms with E-state index in [1.54, 1.807) is 24.0 Å². The molecule has 3 aromatic rings. The van der Waals surface area contributed by atoms with Crippen LogP contribution in [0.15, 0.2) is 30.3 Å². The molecule has 0 radical (unpaired) electrons. The number of aryl methyl sites for hydroxylation is 2. The second-order valence-electron chi connectivity index (χ2n) is 8.88. The molecule has 2 heterocycles. The molecule has 4 rings (SSSR count). The van der Waals surface area contributed by atoms with Crippen LogP contribution < -0.4 is 0 Å². The van der Waals surface area contributed by atoms with E-state index >= 15 is 0 Å². The Bertz CT molecular complexity index is 1240. The molecule has 34 heavy (non-hydrogen) atoms. The Kier molecular flexibility index (Phi) is 7.48. The number of piperidine rings is 1. The number of halogens is 2. The lowest BCUT2D eigenvalue weighted by molar-refractivity contribution is -0.151. The Morgan fingerprint density at radius 1 is 1.15 bits per heavy atom. The fourth-order valence-electron chi connectivity index (χ4n) is 4.47. The van der Waals surface area contributed by atoms with Crippen LogP contribution in [-0.2, 0) is 27.3 Å². The molecule has 2 aromatic carbocycles. The number of hydrogen-bond donors (Lipinski definition) is 0. The fourth-order valence-corrected chi connectivity index (χ4v) is 4.94. The Morgan fingerprint density at radius 2 is 1.91 bits per heavy atom. The van der Waals surface area contributed by atoms with Gasteiger partial charge in [-0.15, -0.1) is 0 Å². The lowest BCUT2D eigenvalue weighted by atomic mass is 9.98. The maximum absolute atomic E-state index is 13.4. The molecule has 1 atom stereocenters. The van der Waals surface area contributed by atoms with E-state index in [0.717, 1.165) is 46.4 Å². The summed E-state index contributed by atoms with van der Waals surface area (Å²) >= 11 is 12.5. The van der Waals surface area contributed by atoms with E-state index in [0.29, 0.717) is 36.2 Å². The van der Waals surface area contributed by atoms with Crippen molar-refractivity contribution in [2.24, 2.45) is 5.92 Å². The zero-order valence-corrected chi connectivity index (χ0v) is 21.2. The minimum atomic E-state index is -0.269. The molecule has 0 saturated carbocycles. The topological polar surface area (TPSA) is 64.4 Å². The number of benzene rings is 2. The lowest BCUT2D eigenvalue weighted by Crippen LogP contribution is -2.44. The van der Waals surface area contributed by atoms with E-state index in [1.807, 2.05) is 10.6 Å². The molecule has 1 aliphatic heterocycles. The van der Waals surface area contributed by atoms with Gasteiger partial charge in [-0.1, -0.05) is 29.3 Å². The Balaban J connectivity index is 1.65. The van der Waals surface area contributed by atoms with Crippen molar-refractivity contribution in [3.05, 3.63) is 62.9 Å². The van der Waals surface area contributed by atoms with Crippen molar-refractivity contribution in [2.45, 2.75) is 46.6 Å². The molecule has 8 heteroatoms. The molecule has 1 amide bonds. The lowest BCUT2D eigenvalue weighted by Gasteiger charge is -2.31. The zero-order valence-electron chi connectivity index (χ0n) is 19.7. The number of imidazole rings is 1. The number of amides is 1. The van der Waals surface area contributed by atoms with Crippen molar-refractivity contribution >= 4 is 46.1 Å². The number of fused-ring (bicyclic) bond motifs is 1. The number of likely N-dealkylation sites (tertiary alicyclic amines) is 1. The van der Waals surface area contributed by atoms with Crippen molar-refractivity contribution in [3.63, 3.8) is 0 Å². The van der Waals surface area contributed by atoms with Crippen molar-refractivity contribution in [3.8, 4) is 0 Å². The minimum absolute atomic E-state index is 0.0324. The molecule has 1 aliphatic rings. The molecule has 6 nitrogen and oxygen atoms in total. The monoisotopic (exact) mass is 501 g/mol. The number of aromatic nitrogens is 2. The summed E-state index contributed by atoms with van der Waals surface area (Å²) < 4.78 is 7.16. The summed E-state index contributed by atoms with van der Waals surface area (Å²) in [6, 6.07) is 9.54. The Morgan fingerprint density at radius 3 is 2.65 bits per heavy atom. The van der Waals surface area contributed by atoms with E-state index in [4.69, 9.17) is 32.9 Å². The van der Waals surface area contributed by atoms with Gasteiger partial charge in [0, 0.05) is 29.6 Å². The Labute approximate surface area is 209 Å². The molecule has 1 aromatic heterocycles. The third-order valence-corrected chi connectivity index (χ3v) is 7.08. The average molecular weight is 502 g/mol. The summed E-state index contributed by atoms with van der Waals surface area (Å²) in [7, 11) is 0. The van der Waals surface area contributed by atoms with E-state index in [2.05, 4.69) is 26.0 Å². The van der Waals surface area contributed by atoms with E-state index in [1.165, 1.54) is 0 Å². The summed E-state index contributed by atoms with van der Waals surface area (Å²) in [5, 5.41) is 1.14. The third-order valence-electron chi connectivity index (χ3n) is 6.49. The minimum Gasteiger partial charge on any atom is -0.466 e. The highest BCUT2D eigenvalue weighted by Crippen LogP contribution is 2.27. The number of nitrogens with zero attached hydrogens (tertiary/aromatic N) is 3. The molecule has 0 unspecified atom stereocenters. The highest BCUT2D eigenvalue weighted by Gasteiger charge is 2.30. The quantitative estimate of drug-likeness (QED) is 0.426. The highest BCUT2D eigenvalue weighted by molar-refractivity contribution is 6.35. The molecule has 1 fully saturated rings. The first-order chi connectivity index (χ1) is 16.3. The number of ether oxygens (including phenoxy) is 1. The van der Waals surface area contributed by atoms with Gasteiger partial charge in [-0.2, -0.15) is 0 Å². The van der Waals surface area contributed by atoms with Crippen molar-refractivity contribution < 1.29 is 14.3 Å². The van der Waals surface area contributed by atoms with Gasteiger partial charge in [-0.25, -0.2) is 4.98 Å². The van der Waals surface area contributed by atoms with Crippen molar-refractivity contribution in [2.75, 3.05) is 19.7 Å². The number of hydrogen-bond acceptors (Lipinski definition) is 4. The maximum atomic E-state index is 13.4. The summed E-state index contributed by atoms with van der Waals surface area (Å²) in [6.45, 7) is 7.43. The van der Waals surface area contributed by atoms with Gasteiger partial charge in [0.15, 0.2) is 0 Å². The van der Waals surface area contributed by atoms with Gasteiger partial charge >= 0.3 is 5.97 Å². The summed E-state index contributed by atoms with van der Waals surface area (Å²) in [5.74, 6) is 0.234. The summed E-state index contributed by atoms with van der Waals surface area (Å²) in [6.07, 6.45) is 2.00. The number of rotatable bonds is 6. The first kappa shape index (κ1) is 24.6. The normalized spacial score (nSPS) is 16.1.